The summed E-state index contributed by atoms with van der Waals surface area (Å²) in [6.07, 6.45) is 6.81. The fourth-order valence-electron chi connectivity index (χ4n) is 9.49. The molecule has 11 rings (SSSR count). The number of benzene rings is 8. The second-order valence-electron chi connectivity index (χ2n) is 16.4. The maximum atomic E-state index is 2.46. The predicted molar refractivity (Wildman–Crippen MR) is 240 cm³/mol. The van der Waals surface area contributed by atoms with Crippen LogP contribution < -0.4 is 0 Å². The minimum atomic E-state index is 0.00638. The van der Waals surface area contributed by atoms with Gasteiger partial charge in [-0.25, -0.2) is 0 Å². The molecule has 0 saturated carbocycles. The van der Waals surface area contributed by atoms with Gasteiger partial charge in [0.1, 0.15) is 0 Å². The molecule has 268 valence electrons. The van der Waals surface area contributed by atoms with Gasteiger partial charge in [0.25, 0.3) is 0 Å². The minimum Gasteiger partial charge on any atom is -0.310 e. The Morgan fingerprint density at radius 1 is 0.429 bits per heavy atom. The first kappa shape index (κ1) is 32.8. The van der Waals surface area contributed by atoms with Crippen molar-refractivity contribution in [1.29, 1.82) is 0 Å². The summed E-state index contributed by atoms with van der Waals surface area (Å²) in [5.41, 5.74) is 15.2. The third-order valence-electron chi connectivity index (χ3n) is 12.2. The van der Waals surface area contributed by atoms with Crippen LogP contribution in [0.25, 0.3) is 94.0 Å². The molecule has 0 unspecified atom stereocenters. The molecule has 2 nitrogen and oxygen atoms in total. The predicted octanol–water partition coefficient (Wildman–Crippen LogP) is 14.6. The quantitative estimate of drug-likeness (QED) is 0.160. The van der Waals surface area contributed by atoms with E-state index in [1.54, 1.807) is 0 Å². The van der Waals surface area contributed by atoms with Crippen LogP contribution in [-0.2, 0) is 11.8 Å². The van der Waals surface area contributed by atoms with Crippen molar-refractivity contribution < 1.29 is 0 Å². The van der Waals surface area contributed by atoms with Crippen LogP contribution in [0.3, 0.4) is 0 Å². The molecule has 2 heteroatoms. The molecule has 2 aromatic heterocycles. The highest BCUT2D eigenvalue weighted by molar-refractivity contribution is 6.21. The van der Waals surface area contributed by atoms with Crippen LogP contribution >= 0.6 is 0 Å². The van der Waals surface area contributed by atoms with E-state index in [0.29, 0.717) is 0 Å². The van der Waals surface area contributed by atoms with Crippen molar-refractivity contribution in [1.82, 2.24) is 9.13 Å². The molecular weight excluding hydrogens is 677 g/mol. The number of aryl methyl sites for hydroxylation is 1. The molecule has 0 fully saturated rings. The lowest BCUT2D eigenvalue weighted by molar-refractivity contribution is 0.591. The molecule has 8 aromatic carbocycles. The van der Waals surface area contributed by atoms with Gasteiger partial charge in [0, 0.05) is 33.2 Å². The van der Waals surface area contributed by atoms with Gasteiger partial charge in [-0.05, 0) is 128 Å². The summed E-state index contributed by atoms with van der Waals surface area (Å²) in [6.45, 7) is 6.94. The third kappa shape index (κ3) is 4.95. The highest BCUT2D eigenvalue weighted by Crippen LogP contribution is 2.46. The molecule has 1 aliphatic carbocycles. The highest BCUT2D eigenvalue weighted by atomic mass is 15.0. The molecule has 0 aliphatic heterocycles. The van der Waals surface area contributed by atoms with Gasteiger partial charge >= 0.3 is 0 Å². The Labute approximate surface area is 327 Å². The Kier molecular flexibility index (Phi) is 7.28. The van der Waals surface area contributed by atoms with Gasteiger partial charge in [-0.1, -0.05) is 142 Å². The number of rotatable bonds is 4. The fourth-order valence-corrected chi connectivity index (χ4v) is 9.49. The summed E-state index contributed by atoms with van der Waals surface area (Å²) in [5.74, 6) is 0. The van der Waals surface area contributed by atoms with E-state index in [9.17, 15) is 0 Å². The maximum Gasteiger partial charge on any atom is 0.0541 e. The second kappa shape index (κ2) is 12.4. The molecular formula is C54H42N2. The molecule has 0 radical (unpaired) electrons. The molecule has 2 heterocycles. The molecule has 0 spiro atoms. The van der Waals surface area contributed by atoms with Crippen LogP contribution in [0.4, 0.5) is 0 Å². The highest BCUT2D eigenvalue weighted by Gasteiger charge is 2.22. The number of nitrogens with zero attached hydrogens (tertiary/aromatic N) is 2. The van der Waals surface area contributed by atoms with E-state index >= 15 is 0 Å². The Bertz CT molecular complexity index is 3140. The molecule has 10 aromatic rings. The monoisotopic (exact) mass is 718 g/mol. The Hall–Kier alpha value is -6.64. The molecule has 0 bridgehead atoms. The Morgan fingerprint density at radius 2 is 0.893 bits per heavy atom. The second-order valence-corrected chi connectivity index (χ2v) is 16.4. The lowest BCUT2D eigenvalue weighted by Crippen LogP contribution is -2.10. The van der Waals surface area contributed by atoms with Crippen LogP contribution in [0.1, 0.15) is 44.0 Å². The Morgan fingerprint density at radius 3 is 1.46 bits per heavy atom. The third-order valence-corrected chi connectivity index (χ3v) is 12.2. The summed E-state index contributed by atoms with van der Waals surface area (Å²) in [6, 6.07) is 61.1. The van der Waals surface area contributed by atoms with Gasteiger partial charge in [0.2, 0.25) is 0 Å². The zero-order valence-corrected chi connectivity index (χ0v) is 32.1. The van der Waals surface area contributed by atoms with Crippen LogP contribution in [0.5, 0.6) is 0 Å². The van der Waals surface area contributed by atoms with Crippen molar-refractivity contribution in [3.63, 3.8) is 0 Å². The normalized spacial score (nSPS) is 13.1. The summed E-state index contributed by atoms with van der Waals surface area (Å²) < 4.78 is 4.85. The topological polar surface area (TPSA) is 9.86 Å². The molecule has 1 aliphatic rings. The molecule has 0 saturated heterocycles. The van der Waals surface area contributed by atoms with Crippen LogP contribution in [-0.4, -0.2) is 9.13 Å². The molecule has 56 heavy (non-hydrogen) atoms. The minimum absolute atomic E-state index is 0.00638. The van der Waals surface area contributed by atoms with Crippen LogP contribution in [0.2, 0.25) is 0 Å². The Balaban J connectivity index is 1.11. The summed E-state index contributed by atoms with van der Waals surface area (Å²) >= 11 is 0. The zero-order valence-electron chi connectivity index (χ0n) is 32.1. The summed E-state index contributed by atoms with van der Waals surface area (Å²) in [7, 11) is 0. The van der Waals surface area contributed by atoms with Crippen molar-refractivity contribution in [3.8, 4) is 33.6 Å². The van der Waals surface area contributed by atoms with Gasteiger partial charge < -0.3 is 9.13 Å². The van der Waals surface area contributed by atoms with E-state index in [0.717, 1.165) is 12.8 Å². The fraction of sp³-hybridized carbons (Fsp3) is 0.111. The average Bonchev–Trinajstić information content (AvgIpc) is 3.76. The molecule has 0 N–H and O–H groups in total. The van der Waals surface area contributed by atoms with Crippen molar-refractivity contribution in [2.75, 3.05) is 0 Å². The number of fused-ring (bicyclic) bond motifs is 8. The van der Waals surface area contributed by atoms with Crippen molar-refractivity contribution >= 4 is 60.3 Å². The maximum absolute atomic E-state index is 2.46. The van der Waals surface area contributed by atoms with Gasteiger partial charge in [-0.3, -0.25) is 0 Å². The van der Waals surface area contributed by atoms with Gasteiger partial charge in [0.05, 0.1) is 16.6 Å². The summed E-state index contributed by atoms with van der Waals surface area (Å²) in [4.78, 5) is 0. The van der Waals surface area contributed by atoms with E-state index in [-0.39, 0.29) is 5.41 Å². The summed E-state index contributed by atoms with van der Waals surface area (Å²) in [5, 5.41) is 9.02. The first-order valence-corrected chi connectivity index (χ1v) is 19.9. The van der Waals surface area contributed by atoms with E-state index in [2.05, 4.69) is 206 Å². The first-order valence-electron chi connectivity index (χ1n) is 19.9. The zero-order chi connectivity index (χ0) is 37.5. The number of hydrogen-bond acceptors (Lipinski definition) is 0. The lowest BCUT2D eigenvalue weighted by Gasteiger charge is -2.23. The van der Waals surface area contributed by atoms with Crippen molar-refractivity contribution in [2.45, 2.75) is 39.0 Å². The molecule has 0 atom stereocenters. The van der Waals surface area contributed by atoms with E-state index in [1.165, 1.54) is 105 Å². The molecule has 0 amide bonds. The standard InChI is InChI=1S/C54H42N2/c1-54(2,3)37-28-33-46-47(34-37)53(36-26-31-39(32-27-36)56-50-22-12-8-16-42(50)43-17-9-13-23-51(43)56)45-19-5-4-18-44(45)52(46)35-24-29-38(30-25-35)55-48-20-10-6-14-40(48)41-15-7-11-21-49(41)55/h4-6,8-14,16-34H,7,15H2,1-3H3. The van der Waals surface area contributed by atoms with Gasteiger partial charge in [0.15, 0.2) is 0 Å². The number of aromatic nitrogens is 2. The van der Waals surface area contributed by atoms with E-state index in [4.69, 9.17) is 0 Å². The number of allylic oxidation sites excluding steroid dienone is 1. The largest absolute Gasteiger partial charge is 0.310 e. The number of para-hydroxylation sites is 3. The first-order chi connectivity index (χ1) is 27.4. The lowest BCUT2D eigenvalue weighted by atomic mass is 9.81. The number of hydrogen-bond donors (Lipinski definition) is 0. The van der Waals surface area contributed by atoms with Gasteiger partial charge in [-0.2, -0.15) is 0 Å². The smallest absolute Gasteiger partial charge is 0.0541 e. The van der Waals surface area contributed by atoms with Crippen molar-refractivity contribution in [2.24, 2.45) is 0 Å². The SMILES string of the molecule is CC(C)(C)c1ccc2c(-c3ccc(-n4c5c(c6ccccc64)CCC=C5)cc3)c3ccccc3c(-c3ccc(-n4c5ccccc5c5ccccc54)cc3)c2c1. The van der Waals surface area contributed by atoms with Crippen LogP contribution in [0, 0.1) is 0 Å². The van der Waals surface area contributed by atoms with Crippen molar-refractivity contribution in [3.05, 3.63) is 187 Å². The average molecular weight is 719 g/mol. The van der Waals surface area contributed by atoms with E-state index in [1.807, 2.05) is 0 Å². The van der Waals surface area contributed by atoms with Gasteiger partial charge in [-0.15, -0.1) is 0 Å². The van der Waals surface area contributed by atoms with Crippen LogP contribution in [0.15, 0.2) is 170 Å². The van der Waals surface area contributed by atoms with E-state index < -0.39 is 0 Å².